The minimum atomic E-state index is -3.10. The van der Waals surface area contributed by atoms with Crippen LogP contribution in [-0.2, 0) is 37.1 Å². The van der Waals surface area contributed by atoms with Gasteiger partial charge in [0.15, 0.2) is 15.9 Å². The standard InChI is InChI=1S/C20H33N3O5S/c1-7-22(17-8-9-29(26,27)12-17)20(25)16(6)28-19(24)10-18-14(4)21-23(15(18)5)11-13(2)3/h13,16-17H,7-12H2,1-6H3. The Kier molecular flexibility index (Phi) is 7.48. The van der Waals surface area contributed by atoms with E-state index < -0.39 is 21.9 Å². The largest absolute Gasteiger partial charge is 0.452 e. The molecule has 1 aliphatic heterocycles. The third-order valence-electron chi connectivity index (χ3n) is 5.32. The summed E-state index contributed by atoms with van der Waals surface area (Å²) in [5, 5.41) is 4.50. The van der Waals surface area contributed by atoms with Gasteiger partial charge in [0.2, 0.25) is 0 Å². The van der Waals surface area contributed by atoms with E-state index in [-0.39, 0.29) is 29.9 Å². The highest BCUT2D eigenvalue weighted by molar-refractivity contribution is 7.91. The van der Waals surface area contributed by atoms with Crippen LogP contribution in [0.25, 0.3) is 0 Å². The van der Waals surface area contributed by atoms with E-state index in [0.717, 1.165) is 23.5 Å². The van der Waals surface area contributed by atoms with Crippen LogP contribution in [-0.4, -0.2) is 65.2 Å². The maximum atomic E-state index is 12.8. The molecule has 2 atom stereocenters. The van der Waals surface area contributed by atoms with Gasteiger partial charge in [-0.1, -0.05) is 13.8 Å². The number of aromatic nitrogens is 2. The SMILES string of the molecule is CCN(C(=O)C(C)OC(=O)Cc1c(C)nn(CC(C)C)c1C)C1CCS(=O)(=O)C1. The lowest BCUT2D eigenvalue weighted by Crippen LogP contribution is -2.46. The molecule has 0 saturated carbocycles. The molecule has 164 valence electrons. The van der Waals surface area contributed by atoms with Crippen molar-refractivity contribution in [2.45, 2.75) is 73.1 Å². The lowest BCUT2D eigenvalue weighted by atomic mass is 10.1. The zero-order valence-corrected chi connectivity index (χ0v) is 19.1. The zero-order valence-electron chi connectivity index (χ0n) is 18.3. The monoisotopic (exact) mass is 427 g/mol. The molecule has 0 aromatic carbocycles. The normalized spacial score (nSPS) is 19.3. The zero-order chi connectivity index (χ0) is 21.9. The predicted molar refractivity (Wildman–Crippen MR) is 110 cm³/mol. The molecular weight excluding hydrogens is 394 g/mol. The van der Waals surface area contributed by atoms with E-state index in [1.807, 2.05) is 18.5 Å². The van der Waals surface area contributed by atoms with Crippen LogP contribution < -0.4 is 0 Å². The van der Waals surface area contributed by atoms with Crippen molar-refractivity contribution in [1.29, 1.82) is 0 Å². The Morgan fingerprint density at radius 3 is 2.45 bits per heavy atom. The van der Waals surface area contributed by atoms with Gasteiger partial charge in [0.05, 0.1) is 23.6 Å². The van der Waals surface area contributed by atoms with E-state index in [4.69, 9.17) is 4.74 Å². The predicted octanol–water partition coefficient (Wildman–Crippen LogP) is 1.67. The van der Waals surface area contributed by atoms with Crippen molar-refractivity contribution in [1.82, 2.24) is 14.7 Å². The van der Waals surface area contributed by atoms with Crippen LogP contribution in [0.5, 0.6) is 0 Å². The molecule has 9 heteroatoms. The summed E-state index contributed by atoms with van der Waals surface area (Å²) in [7, 11) is -3.10. The summed E-state index contributed by atoms with van der Waals surface area (Å²) < 4.78 is 30.8. The Bertz CT molecular complexity index is 860. The van der Waals surface area contributed by atoms with E-state index in [9.17, 15) is 18.0 Å². The van der Waals surface area contributed by atoms with Crippen LogP contribution in [0.15, 0.2) is 0 Å². The molecule has 0 N–H and O–H groups in total. The number of rotatable bonds is 8. The second kappa shape index (κ2) is 9.28. The molecule has 1 saturated heterocycles. The number of carbonyl (C=O) groups excluding carboxylic acids is 2. The lowest BCUT2D eigenvalue weighted by Gasteiger charge is -2.29. The molecule has 1 aliphatic rings. The van der Waals surface area contributed by atoms with Crippen LogP contribution in [0.3, 0.4) is 0 Å². The van der Waals surface area contributed by atoms with Gasteiger partial charge in [-0.3, -0.25) is 14.3 Å². The number of hydrogen-bond donors (Lipinski definition) is 0. The van der Waals surface area contributed by atoms with Crippen molar-refractivity contribution in [3.05, 3.63) is 17.0 Å². The van der Waals surface area contributed by atoms with E-state index in [2.05, 4.69) is 18.9 Å². The van der Waals surface area contributed by atoms with Gasteiger partial charge in [0.1, 0.15) is 0 Å². The van der Waals surface area contributed by atoms with E-state index in [1.165, 1.54) is 11.8 Å². The van der Waals surface area contributed by atoms with Crippen molar-refractivity contribution in [2.75, 3.05) is 18.1 Å². The molecule has 2 rings (SSSR count). The fourth-order valence-electron chi connectivity index (χ4n) is 3.80. The van der Waals surface area contributed by atoms with Gasteiger partial charge in [-0.05, 0) is 40.0 Å². The Morgan fingerprint density at radius 1 is 1.28 bits per heavy atom. The Hall–Kier alpha value is -1.90. The average Bonchev–Trinajstić information content (AvgIpc) is 3.09. The van der Waals surface area contributed by atoms with Crippen molar-refractivity contribution in [3.63, 3.8) is 0 Å². The molecule has 1 amide bonds. The van der Waals surface area contributed by atoms with Crippen LogP contribution in [0.2, 0.25) is 0 Å². The first-order valence-corrected chi connectivity index (χ1v) is 12.0. The maximum Gasteiger partial charge on any atom is 0.311 e. The fraction of sp³-hybridized carbons (Fsp3) is 0.750. The van der Waals surface area contributed by atoms with Crippen molar-refractivity contribution in [2.24, 2.45) is 5.92 Å². The van der Waals surface area contributed by atoms with Crippen LogP contribution in [0.1, 0.15) is 51.1 Å². The number of esters is 1. The first-order chi connectivity index (χ1) is 13.4. The molecule has 0 spiro atoms. The highest BCUT2D eigenvalue weighted by Gasteiger charge is 2.36. The molecule has 29 heavy (non-hydrogen) atoms. The van der Waals surface area contributed by atoms with Crippen molar-refractivity contribution in [3.8, 4) is 0 Å². The summed E-state index contributed by atoms with van der Waals surface area (Å²) in [6, 6.07) is -0.350. The number of ether oxygens (including phenoxy) is 1. The summed E-state index contributed by atoms with van der Waals surface area (Å²) in [4.78, 5) is 26.7. The van der Waals surface area contributed by atoms with Gasteiger partial charge in [-0.25, -0.2) is 8.42 Å². The molecule has 2 unspecified atom stereocenters. The molecular formula is C20H33N3O5S. The lowest BCUT2D eigenvalue weighted by molar-refractivity contribution is -0.159. The molecule has 1 fully saturated rings. The van der Waals surface area contributed by atoms with Gasteiger partial charge in [-0.2, -0.15) is 5.10 Å². The van der Waals surface area contributed by atoms with Crippen LogP contribution >= 0.6 is 0 Å². The second-order valence-corrected chi connectivity index (χ2v) is 10.4. The number of sulfone groups is 1. The molecule has 8 nitrogen and oxygen atoms in total. The van der Waals surface area contributed by atoms with Gasteiger partial charge < -0.3 is 9.64 Å². The second-order valence-electron chi connectivity index (χ2n) is 8.22. The van der Waals surface area contributed by atoms with Crippen molar-refractivity contribution < 1.29 is 22.7 Å². The molecule has 1 aromatic rings. The Morgan fingerprint density at radius 2 is 1.93 bits per heavy atom. The van der Waals surface area contributed by atoms with Gasteiger partial charge in [0.25, 0.3) is 5.91 Å². The minimum Gasteiger partial charge on any atom is -0.452 e. The number of amides is 1. The summed E-state index contributed by atoms with van der Waals surface area (Å²) in [5.41, 5.74) is 2.54. The number of aryl methyl sites for hydroxylation is 1. The Balaban J connectivity index is 2.01. The third kappa shape index (κ3) is 5.81. The maximum absolute atomic E-state index is 12.8. The van der Waals surface area contributed by atoms with Gasteiger partial charge >= 0.3 is 5.97 Å². The summed E-state index contributed by atoms with van der Waals surface area (Å²) in [5.74, 6) is -0.345. The summed E-state index contributed by atoms with van der Waals surface area (Å²) >= 11 is 0. The topological polar surface area (TPSA) is 98.6 Å². The minimum absolute atomic E-state index is 0.0271. The highest BCUT2D eigenvalue weighted by Crippen LogP contribution is 2.20. The fourth-order valence-corrected chi connectivity index (χ4v) is 5.53. The number of hydrogen-bond acceptors (Lipinski definition) is 6. The Labute approximate surface area is 173 Å². The van der Waals surface area contributed by atoms with Crippen molar-refractivity contribution >= 4 is 21.7 Å². The van der Waals surface area contributed by atoms with Crippen LogP contribution in [0, 0.1) is 19.8 Å². The first kappa shape index (κ1) is 23.4. The quantitative estimate of drug-likeness (QED) is 0.585. The average molecular weight is 428 g/mol. The summed E-state index contributed by atoms with van der Waals surface area (Å²) in [6.45, 7) is 12.5. The number of likely N-dealkylation sites (N-methyl/N-ethyl adjacent to an activating group) is 1. The molecule has 0 radical (unpaired) electrons. The van der Waals surface area contributed by atoms with E-state index in [1.54, 1.807) is 6.92 Å². The molecule has 1 aromatic heterocycles. The third-order valence-corrected chi connectivity index (χ3v) is 7.07. The van der Waals surface area contributed by atoms with E-state index in [0.29, 0.717) is 18.9 Å². The smallest absolute Gasteiger partial charge is 0.311 e. The molecule has 0 aliphatic carbocycles. The number of carbonyl (C=O) groups is 2. The molecule has 2 heterocycles. The molecule has 0 bridgehead atoms. The number of nitrogens with zero attached hydrogens (tertiary/aromatic N) is 3. The highest BCUT2D eigenvalue weighted by atomic mass is 32.2. The first-order valence-electron chi connectivity index (χ1n) is 10.2. The van der Waals surface area contributed by atoms with E-state index >= 15 is 0 Å². The van der Waals surface area contributed by atoms with Gasteiger partial charge in [0, 0.05) is 30.4 Å². The van der Waals surface area contributed by atoms with Gasteiger partial charge in [-0.15, -0.1) is 0 Å². The summed E-state index contributed by atoms with van der Waals surface area (Å²) in [6.07, 6.45) is -0.482. The van der Waals surface area contributed by atoms with Crippen LogP contribution in [0.4, 0.5) is 0 Å².